The number of hydrogen-bond donors (Lipinski definition) is 1. The summed E-state index contributed by atoms with van der Waals surface area (Å²) in [5.41, 5.74) is 0. The van der Waals surface area contributed by atoms with Gasteiger partial charge in [0.05, 0.1) is 12.7 Å². The van der Waals surface area contributed by atoms with E-state index in [0.717, 1.165) is 51.4 Å². The molecule has 1 fully saturated rings. The molecule has 0 aliphatic carbocycles. The largest absolute Gasteiger partial charge is 0.389 e. The molecular formula is C16H27N3O2. The minimum atomic E-state index is -0.386. The molecule has 0 aromatic carbocycles. The smallest absolute Gasteiger partial charge is 0.128 e. The van der Waals surface area contributed by atoms with E-state index in [1.54, 1.807) is 0 Å². The fraction of sp³-hybridized carbons (Fsp3) is 0.688. The molecule has 1 N–H and O–H groups in total. The van der Waals surface area contributed by atoms with Crippen molar-refractivity contribution >= 4 is 5.82 Å². The van der Waals surface area contributed by atoms with Crippen LogP contribution in [0, 0.1) is 0 Å². The minimum Gasteiger partial charge on any atom is -0.389 e. The number of aromatic nitrogens is 1. The summed E-state index contributed by atoms with van der Waals surface area (Å²) in [5, 5.41) is 9.99. The number of piperazine rings is 1. The van der Waals surface area contributed by atoms with Crippen molar-refractivity contribution in [1.29, 1.82) is 0 Å². The standard InChI is InChI=1S/C16H27N3O2/c1-2-3-12-21-14-15(20)13-18-8-10-19(11-9-18)16-6-4-5-7-17-16/h4-7,15,20H,2-3,8-14H2,1H3/t15-/m0/s1. The number of hydrogen-bond acceptors (Lipinski definition) is 5. The van der Waals surface area contributed by atoms with E-state index in [4.69, 9.17) is 4.74 Å². The van der Waals surface area contributed by atoms with Crippen LogP contribution in [-0.2, 0) is 4.74 Å². The molecule has 1 atom stereocenters. The number of nitrogens with zero attached hydrogens (tertiary/aromatic N) is 3. The van der Waals surface area contributed by atoms with E-state index in [1.807, 2.05) is 24.4 Å². The van der Waals surface area contributed by atoms with Crippen molar-refractivity contribution in [2.45, 2.75) is 25.9 Å². The predicted molar refractivity (Wildman–Crippen MR) is 84.6 cm³/mol. The molecule has 0 unspecified atom stereocenters. The van der Waals surface area contributed by atoms with Crippen molar-refractivity contribution in [2.75, 3.05) is 50.8 Å². The maximum atomic E-state index is 9.99. The van der Waals surface area contributed by atoms with Gasteiger partial charge in [-0.3, -0.25) is 4.90 Å². The fourth-order valence-electron chi connectivity index (χ4n) is 2.52. The Hall–Kier alpha value is -1.17. The minimum absolute atomic E-state index is 0.386. The van der Waals surface area contributed by atoms with Gasteiger partial charge >= 0.3 is 0 Å². The maximum Gasteiger partial charge on any atom is 0.128 e. The number of anilines is 1. The van der Waals surface area contributed by atoms with Crippen molar-refractivity contribution in [3.63, 3.8) is 0 Å². The van der Waals surface area contributed by atoms with Crippen LogP contribution in [0.4, 0.5) is 5.82 Å². The second kappa shape index (κ2) is 8.97. The Labute approximate surface area is 127 Å². The number of aliphatic hydroxyl groups is 1. The Morgan fingerprint density at radius 3 is 2.76 bits per heavy atom. The highest BCUT2D eigenvalue weighted by molar-refractivity contribution is 5.38. The first-order valence-electron chi connectivity index (χ1n) is 7.93. The molecule has 1 aliphatic heterocycles. The Morgan fingerprint density at radius 1 is 1.29 bits per heavy atom. The molecule has 5 heteroatoms. The average molecular weight is 293 g/mol. The Kier molecular flexibility index (Phi) is 6.92. The molecule has 2 rings (SSSR count). The third-order valence-electron chi connectivity index (χ3n) is 3.77. The molecule has 0 amide bonds. The van der Waals surface area contributed by atoms with Crippen molar-refractivity contribution in [3.05, 3.63) is 24.4 Å². The highest BCUT2D eigenvalue weighted by atomic mass is 16.5. The van der Waals surface area contributed by atoms with E-state index in [2.05, 4.69) is 21.7 Å². The van der Waals surface area contributed by atoms with Crippen LogP contribution in [0.5, 0.6) is 0 Å². The Bertz CT molecular complexity index is 380. The highest BCUT2D eigenvalue weighted by Gasteiger charge is 2.19. The van der Waals surface area contributed by atoms with Gasteiger partial charge in [0.1, 0.15) is 5.82 Å². The van der Waals surface area contributed by atoms with Crippen LogP contribution >= 0.6 is 0 Å². The van der Waals surface area contributed by atoms with Gasteiger partial charge in [0.15, 0.2) is 0 Å². The molecule has 0 spiro atoms. The molecule has 1 aromatic heterocycles. The van der Waals surface area contributed by atoms with E-state index in [-0.39, 0.29) is 6.10 Å². The summed E-state index contributed by atoms with van der Waals surface area (Å²) in [6, 6.07) is 6.01. The van der Waals surface area contributed by atoms with Crippen LogP contribution in [0.2, 0.25) is 0 Å². The highest BCUT2D eigenvalue weighted by Crippen LogP contribution is 2.12. The number of unbranched alkanes of at least 4 members (excludes halogenated alkanes) is 1. The van der Waals surface area contributed by atoms with Gasteiger partial charge in [0.2, 0.25) is 0 Å². The molecule has 0 radical (unpaired) electrons. The molecule has 1 aliphatic rings. The zero-order chi connectivity index (χ0) is 14.9. The Morgan fingerprint density at radius 2 is 2.10 bits per heavy atom. The summed E-state index contributed by atoms with van der Waals surface area (Å²) in [5.74, 6) is 1.04. The summed E-state index contributed by atoms with van der Waals surface area (Å²) < 4.78 is 5.47. The van der Waals surface area contributed by atoms with Crippen molar-refractivity contribution in [3.8, 4) is 0 Å². The number of aliphatic hydroxyl groups excluding tert-OH is 1. The normalized spacial score (nSPS) is 17.9. The van der Waals surface area contributed by atoms with E-state index >= 15 is 0 Å². The topological polar surface area (TPSA) is 48.8 Å². The first kappa shape index (κ1) is 16.2. The van der Waals surface area contributed by atoms with Gasteiger partial charge in [-0.25, -0.2) is 4.98 Å². The Balaban J connectivity index is 1.65. The van der Waals surface area contributed by atoms with Crippen LogP contribution in [0.1, 0.15) is 19.8 Å². The van der Waals surface area contributed by atoms with E-state index in [1.165, 1.54) is 0 Å². The predicted octanol–water partition coefficient (Wildman–Crippen LogP) is 1.38. The number of pyridine rings is 1. The van der Waals surface area contributed by atoms with Crippen LogP contribution < -0.4 is 4.90 Å². The third kappa shape index (κ3) is 5.61. The van der Waals surface area contributed by atoms with Crippen LogP contribution in [0.25, 0.3) is 0 Å². The van der Waals surface area contributed by atoms with E-state index in [9.17, 15) is 5.11 Å². The van der Waals surface area contributed by atoms with Crippen molar-refractivity contribution in [1.82, 2.24) is 9.88 Å². The first-order chi connectivity index (χ1) is 10.3. The number of β-amino-alcohol motifs (C(OH)–C–C–N with tert-alkyl or cyclic N) is 1. The monoisotopic (exact) mass is 293 g/mol. The van der Waals surface area contributed by atoms with E-state index < -0.39 is 0 Å². The van der Waals surface area contributed by atoms with Crippen LogP contribution in [0.3, 0.4) is 0 Å². The summed E-state index contributed by atoms with van der Waals surface area (Å²) in [6.07, 6.45) is 3.64. The van der Waals surface area contributed by atoms with Gasteiger partial charge in [0.25, 0.3) is 0 Å². The molecule has 1 saturated heterocycles. The number of rotatable bonds is 8. The molecule has 118 valence electrons. The van der Waals surface area contributed by atoms with Gasteiger partial charge < -0.3 is 14.7 Å². The molecular weight excluding hydrogens is 266 g/mol. The summed E-state index contributed by atoms with van der Waals surface area (Å²) in [4.78, 5) is 8.98. The second-order valence-electron chi connectivity index (χ2n) is 5.56. The second-order valence-corrected chi connectivity index (χ2v) is 5.56. The summed E-state index contributed by atoms with van der Waals surface area (Å²) >= 11 is 0. The van der Waals surface area contributed by atoms with Gasteiger partial charge in [-0.2, -0.15) is 0 Å². The molecule has 0 bridgehead atoms. The number of ether oxygens (including phenoxy) is 1. The van der Waals surface area contributed by atoms with Gasteiger partial charge in [-0.05, 0) is 18.6 Å². The average Bonchev–Trinajstić information content (AvgIpc) is 2.53. The lowest BCUT2D eigenvalue weighted by atomic mass is 10.2. The third-order valence-corrected chi connectivity index (χ3v) is 3.77. The van der Waals surface area contributed by atoms with Gasteiger partial charge in [0, 0.05) is 45.5 Å². The molecule has 5 nitrogen and oxygen atoms in total. The zero-order valence-electron chi connectivity index (χ0n) is 12.9. The summed E-state index contributed by atoms with van der Waals surface area (Å²) in [6.45, 7) is 7.87. The maximum absolute atomic E-state index is 9.99. The molecule has 2 heterocycles. The van der Waals surface area contributed by atoms with Crippen molar-refractivity contribution < 1.29 is 9.84 Å². The fourth-order valence-corrected chi connectivity index (χ4v) is 2.52. The zero-order valence-corrected chi connectivity index (χ0v) is 12.9. The van der Waals surface area contributed by atoms with Gasteiger partial charge in [-0.15, -0.1) is 0 Å². The van der Waals surface area contributed by atoms with Crippen LogP contribution in [-0.4, -0.2) is 67.0 Å². The van der Waals surface area contributed by atoms with E-state index in [0.29, 0.717) is 13.2 Å². The van der Waals surface area contributed by atoms with Crippen LogP contribution in [0.15, 0.2) is 24.4 Å². The first-order valence-corrected chi connectivity index (χ1v) is 7.93. The molecule has 21 heavy (non-hydrogen) atoms. The molecule has 0 saturated carbocycles. The lowest BCUT2D eigenvalue weighted by Crippen LogP contribution is -2.49. The summed E-state index contributed by atoms with van der Waals surface area (Å²) in [7, 11) is 0. The quantitative estimate of drug-likeness (QED) is 0.734. The lowest BCUT2D eigenvalue weighted by molar-refractivity contribution is 0.0150. The van der Waals surface area contributed by atoms with Crippen molar-refractivity contribution in [2.24, 2.45) is 0 Å². The molecule has 1 aromatic rings. The lowest BCUT2D eigenvalue weighted by Gasteiger charge is -2.36. The SMILES string of the molecule is CCCCOC[C@@H](O)CN1CCN(c2ccccn2)CC1. The van der Waals surface area contributed by atoms with Gasteiger partial charge in [-0.1, -0.05) is 19.4 Å².